The first-order chi connectivity index (χ1) is 18.6. The number of aliphatic hydroxyl groups is 1. The van der Waals surface area contributed by atoms with Crippen molar-refractivity contribution in [2.75, 3.05) is 51.9 Å². The van der Waals surface area contributed by atoms with Crippen LogP contribution in [-0.2, 0) is 35.3 Å². The minimum absolute atomic E-state index is 0.0000319. The Morgan fingerprint density at radius 3 is 2.23 bits per heavy atom. The van der Waals surface area contributed by atoms with Crippen LogP contribution in [0.5, 0.6) is 0 Å². The van der Waals surface area contributed by atoms with E-state index in [9.17, 15) is 19.2 Å². The maximum absolute atomic E-state index is 11.6. The molecule has 11 nitrogen and oxygen atoms in total. The summed E-state index contributed by atoms with van der Waals surface area (Å²) in [5, 5.41) is 16.6. The zero-order valence-electron chi connectivity index (χ0n) is 23.4. The first-order valence-corrected chi connectivity index (χ1v) is 12.7. The number of hydrogen-bond donors (Lipinski definition) is 4. The number of allylic oxidation sites excluding steroid dienone is 1. The van der Waals surface area contributed by atoms with Crippen molar-refractivity contribution in [1.29, 1.82) is 0 Å². The van der Waals surface area contributed by atoms with Crippen LogP contribution in [0.2, 0.25) is 0 Å². The predicted molar refractivity (Wildman–Crippen MR) is 152 cm³/mol. The fraction of sp³-hybridized carbons (Fsp3) is 0.519. The van der Waals surface area contributed by atoms with E-state index in [1.54, 1.807) is 36.2 Å². The minimum atomic E-state index is -0.293. The summed E-state index contributed by atoms with van der Waals surface area (Å²) >= 11 is 0. The number of carbonyl (C=O) groups excluding carboxylic acids is 4. The number of benzene rings is 1. The number of nitrogens with one attached hydrogen (secondary N) is 3. The molecule has 0 aliphatic heterocycles. The number of carbonyl (C=O) groups is 4. The van der Waals surface area contributed by atoms with Crippen LogP contribution in [0.25, 0.3) is 0 Å². The monoisotopic (exact) mass is 545 g/mol. The van der Waals surface area contributed by atoms with E-state index in [0.29, 0.717) is 57.4 Å². The van der Waals surface area contributed by atoms with Gasteiger partial charge in [0, 0.05) is 18.2 Å². The Labute approximate surface area is 232 Å². The van der Waals surface area contributed by atoms with E-state index in [4.69, 9.17) is 22.1 Å². The maximum atomic E-state index is 11.6. The van der Waals surface area contributed by atoms with Gasteiger partial charge in [0.05, 0.1) is 13.2 Å². The van der Waals surface area contributed by atoms with Crippen LogP contribution in [0.3, 0.4) is 0 Å². The molecule has 1 atom stereocenters. The van der Waals surface area contributed by atoms with Gasteiger partial charge in [-0.25, -0.2) is 0 Å². The molecule has 1 aromatic carbocycles. The van der Waals surface area contributed by atoms with Crippen molar-refractivity contribution in [3.05, 3.63) is 42.0 Å². The van der Waals surface area contributed by atoms with Gasteiger partial charge in [0.1, 0.15) is 0 Å². The van der Waals surface area contributed by atoms with Crippen LogP contribution in [0, 0.1) is 5.92 Å². The van der Waals surface area contributed by atoms with E-state index >= 15 is 0 Å². The summed E-state index contributed by atoms with van der Waals surface area (Å²) in [6.45, 7) is 8.19. The standard InChI is InChI=1S/C17H30BN2O4.C10H12N2O3/c1-14(2)15(3)19-16(21)7-10-23-12-13-24-11-9-20(4)17(22)6-5-8-18;13-6-8-1-3-9(4-2-8)12-10(15)5-11-7-14/h5-6,8,14-15H,7,9-13H2,1-4H3,(H,19,21);1-4,7,13H,5-6H2,(H,11,14)(H,12,15)/b6-5-;. The molecular weight excluding hydrogens is 503 g/mol. The SMILES string of the molecule is O=CNCC(=O)Nc1ccc(CO)cc1.[B]=C/C=C\C(=O)N(C)CCOCCOCCC(=O)NC(C)C(C)C. The van der Waals surface area contributed by atoms with E-state index in [2.05, 4.69) is 29.8 Å². The van der Waals surface area contributed by atoms with Gasteiger partial charge in [0.25, 0.3) is 0 Å². The molecule has 0 aliphatic carbocycles. The van der Waals surface area contributed by atoms with E-state index in [-0.39, 0.29) is 36.9 Å². The van der Waals surface area contributed by atoms with Gasteiger partial charge in [-0.3, -0.25) is 14.4 Å². The molecule has 39 heavy (non-hydrogen) atoms. The first-order valence-electron chi connectivity index (χ1n) is 12.7. The number of likely N-dealkylation sites (N-methyl/N-ethyl adjacent to an activating group) is 1. The Bertz CT molecular complexity index is 895. The molecule has 12 heteroatoms. The van der Waals surface area contributed by atoms with Crippen molar-refractivity contribution in [2.45, 2.75) is 39.8 Å². The van der Waals surface area contributed by atoms with Crippen molar-refractivity contribution >= 4 is 43.3 Å². The summed E-state index contributed by atoms with van der Waals surface area (Å²) in [5.41, 5.74) is 1.41. The van der Waals surface area contributed by atoms with Crippen LogP contribution in [0.1, 0.15) is 32.8 Å². The summed E-state index contributed by atoms with van der Waals surface area (Å²) in [4.78, 5) is 45.8. The van der Waals surface area contributed by atoms with Crippen molar-refractivity contribution in [3.8, 4) is 0 Å². The number of aliphatic hydroxyl groups excluding tert-OH is 1. The second-order valence-corrected chi connectivity index (χ2v) is 8.79. The van der Waals surface area contributed by atoms with E-state index in [1.165, 1.54) is 18.1 Å². The topological polar surface area (TPSA) is 146 Å². The van der Waals surface area contributed by atoms with E-state index in [1.807, 2.05) is 6.92 Å². The van der Waals surface area contributed by atoms with Crippen molar-refractivity contribution in [3.63, 3.8) is 0 Å². The fourth-order valence-electron chi connectivity index (χ4n) is 2.59. The van der Waals surface area contributed by atoms with Crippen LogP contribution < -0.4 is 16.0 Å². The normalized spacial score (nSPS) is 11.2. The van der Waals surface area contributed by atoms with E-state index < -0.39 is 0 Å². The summed E-state index contributed by atoms with van der Waals surface area (Å²) in [7, 11) is 6.86. The number of anilines is 1. The molecule has 215 valence electrons. The van der Waals surface area contributed by atoms with Gasteiger partial charge in [0.15, 0.2) is 0 Å². The molecule has 4 N–H and O–H groups in total. The average Bonchev–Trinajstić information content (AvgIpc) is 2.92. The third kappa shape index (κ3) is 19.4. The number of amides is 4. The molecule has 0 saturated heterocycles. The molecule has 0 spiro atoms. The van der Waals surface area contributed by atoms with Crippen LogP contribution >= 0.6 is 0 Å². The molecule has 0 fully saturated rings. The van der Waals surface area contributed by atoms with Gasteiger partial charge in [-0.15, -0.1) is 0 Å². The van der Waals surface area contributed by atoms with Crippen LogP contribution in [0.4, 0.5) is 5.69 Å². The Morgan fingerprint density at radius 1 is 1.03 bits per heavy atom. The molecule has 1 unspecified atom stereocenters. The number of ether oxygens (including phenoxy) is 2. The second kappa shape index (κ2) is 22.6. The molecule has 0 saturated carbocycles. The minimum Gasteiger partial charge on any atom is -0.353 e. The van der Waals surface area contributed by atoms with E-state index in [0.717, 1.165) is 5.56 Å². The zero-order chi connectivity index (χ0) is 29.5. The number of nitrogens with zero attached hydrogens (tertiary/aromatic N) is 1. The van der Waals surface area contributed by atoms with Gasteiger partial charge in [-0.2, -0.15) is 0 Å². The Balaban J connectivity index is 0.000000820. The molecule has 1 rings (SSSR count). The van der Waals surface area contributed by atoms with Gasteiger partial charge in [-0.05, 0) is 30.5 Å². The smallest absolute Gasteiger partial charge is 0.353 e. The Morgan fingerprint density at radius 2 is 1.67 bits per heavy atom. The van der Waals surface area contributed by atoms with Crippen LogP contribution in [-0.4, -0.2) is 100 Å². The van der Waals surface area contributed by atoms with Crippen molar-refractivity contribution in [2.24, 2.45) is 5.92 Å². The van der Waals surface area contributed by atoms with Gasteiger partial charge in [0.2, 0.25) is 18.2 Å². The zero-order valence-corrected chi connectivity index (χ0v) is 23.4. The Hall–Kier alpha value is -3.35. The average molecular weight is 545 g/mol. The third-order valence-corrected chi connectivity index (χ3v) is 5.30. The van der Waals surface area contributed by atoms with Crippen LogP contribution in [0.15, 0.2) is 36.4 Å². The molecule has 0 aliphatic rings. The number of hydrogen-bond acceptors (Lipinski definition) is 7. The van der Waals surface area contributed by atoms with Crippen molar-refractivity contribution in [1.82, 2.24) is 15.5 Å². The summed E-state index contributed by atoms with van der Waals surface area (Å²) < 4.78 is 10.7. The second-order valence-electron chi connectivity index (χ2n) is 8.79. The fourth-order valence-corrected chi connectivity index (χ4v) is 2.59. The molecule has 0 heterocycles. The molecule has 4 amide bonds. The summed E-state index contributed by atoms with van der Waals surface area (Å²) in [5.74, 6) is 1.30. The molecule has 0 bridgehead atoms. The van der Waals surface area contributed by atoms with Crippen molar-refractivity contribution < 1.29 is 33.8 Å². The van der Waals surface area contributed by atoms with Gasteiger partial charge >= 0.3 is 90.7 Å². The summed E-state index contributed by atoms with van der Waals surface area (Å²) in [6, 6.07) is 6.96. The molecule has 0 aromatic heterocycles. The molecule has 1 aromatic rings. The molecular formula is C27H42BN4O7. The quantitative estimate of drug-likeness (QED) is 0.0905. The van der Waals surface area contributed by atoms with Gasteiger partial charge < -0.3 is 21.1 Å². The third-order valence-electron chi connectivity index (χ3n) is 5.30. The molecule has 1 radical (unpaired) electrons. The van der Waals surface area contributed by atoms with Gasteiger partial charge in [-0.1, -0.05) is 26.0 Å². The first kappa shape index (κ1) is 35.7. The Kier molecular flexibility index (Phi) is 20.7. The predicted octanol–water partition coefficient (Wildman–Crippen LogP) is 0.419. The summed E-state index contributed by atoms with van der Waals surface area (Å²) in [6.07, 6.45) is 3.70. The number of rotatable bonds is 18.